The Labute approximate surface area is 169 Å². The Hall–Kier alpha value is -3.18. The van der Waals surface area contributed by atoms with Crippen molar-refractivity contribution < 1.29 is 22.8 Å². The van der Waals surface area contributed by atoms with Crippen LogP contribution in [0.25, 0.3) is 5.82 Å². The molecule has 0 spiro atoms. The Kier molecular flexibility index (Phi) is 5.44. The molecule has 2 heterocycles. The summed E-state index contributed by atoms with van der Waals surface area (Å²) in [5.41, 5.74) is -2.43. The second-order valence-corrected chi connectivity index (χ2v) is 6.23. The average molecular weight is 447 g/mol. The number of hydrogen-bond donors (Lipinski definition) is 0. The summed E-state index contributed by atoms with van der Waals surface area (Å²) in [4.78, 5) is 26.3. The summed E-state index contributed by atoms with van der Waals surface area (Å²) < 4.78 is 43.8. The van der Waals surface area contributed by atoms with Crippen molar-refractivity contribution in [1.29, 1.82) is 0 Å². The molecule has 2 aromatic heterocycles. The van der Waals surface area contributed by atoms with Gasteiger partial charge >= 0.3 is 11.9 Å². The topological polar surface area (TPSA) is 100 Å². The zero-order chi connectivity index (χ0) is 21.3. The Morgan fingerprint density at radius 2 is 1.83 bits per heavy atom. The highest BCUT2D eigenvalue weighted by atomic mass is 35.5. The number of nitro groups is 1. The maximum absolute atomic E-state index is 12.6. The minimum absolute atomic E-state index is 0.0945. The van der Waals surface area contributed by atoms with Crippen molar-refractivity contribution in [2.45, 2.75) is 6.18 Å². The summed E-state index contributed by atoms with van der Waals surface area (Å²) in [6, 6.07) is 5.26. The zero-order valence-corrected chi connectivity index (χ0v) is 15.4. The van der Waals surface area contributed by atoms with E-state index in [0.717, 1.165) is 24.4 Å². The lowest BCUT2D eigenvalue weighted by atomic mass is 10.3. The molecule has 13 heteroatoms. The second kappa shape index (κ2) is 7.68. The molecule has 0 fully saturated rings. The number of rotatable bonds is 4. The number of nitrogens with zero attached hydrogens (tertiary/aromatic N) is 4. The number of aromatic nitrogens is 3. The van der Waals surface area contributed by atoms with Crippen LogP contribution in [-0.2, 0) is 6.18 Å². The molecule has 0 unspecified atom stereocenters. The minimum Gasteiger partial charge on any atom is -0.447 e. The van der Waals surface area contributed by atoms with Gasteiger partial charge in [-0.1, -0.05) is 23.2 Å². The summed E-state index contributed by atoms with van der Waals surface area (Å²) in [5.74, 6) is -0.757. The first-order valence-corrected chi connectivity index (χ1v) is 8.27. The van der Waals surface area contributed by atoms with Gasteiger partial charge in [0.2, 0.25) is 5.75 Å². The van der Waals surface area contributed by atoms with E-state index >= 15 is 0 Å². The van der Waals surface area contributed by atoms with Crippen molar-refractivity contribution in [3.05, 3.63) is 78.8 Å². The molecule has 0 radical (unpaired) electrons. The van der Waals surface area contributed by atoms with E-state index in [0.29, 0.717) is 10.9 Å². The summed E-state index contributed by atoms with van der Waals surface area (Å²) in [5, 5.41) is 14.4. The quantitative estimate of drug-likeness (QED) is 0.426. The van der Waals surface area contributed by atoms with E-state index < -0.39 is 32.9 Å². The highest BCUT2D eigenvalue weighted by molar-refractivity contribution is 6.32. The lowest BCUT2D eigenvalue weighted by Gasteiger charge is -2.10. The van der Waals surface area contributed by atoms with Gasteiger partial charge in [-0.05, 0) is 24.3 Å². The fourth-order valence-electron chi connectivity index (χ4n) is 2.17. The third-order valence-corrected chi connectivity index (χ3v) is 4.10. The van der Waals surface area contributed by atoms with Crippen LogP contribution in [0.3, 0.4) is 0 Å². The molecule has 0 bridgehead atoms. The molecular weight excluding hydrogens is 440 g/mol. The van der Waals surface area contributed by atoms with Gasteiger partial charge in [-0.25, -0.2) is 4.98 Å². The van der Waals surface area contributed by atoms with Gasteiger partial charge in [0.05, 0.1) is 16.7 Å². The normalized spacial score (nSPS) is 11.3. The second-order valence-electron chi connectivity index (χ2n) is 5.41. The Morgan fingerprint density at radius 1 is 1.10 bits per heavy atom. The van der Waals surface area contributed by atoms with Gasteiger partial charge < -0.3 is 4.74 Å². The molecule has 3 rings (SSSR count). The number of halogens is 5. The number of nitro benzene ring substituents is 1. The first kappa shape index (κ1) is 20.6. The lowest BCUT2D eigenvalue weighted by Crippen LogP contribution is -2.23. The molecule has 150 valence electrons. The molecule has 0 aliphatic carbocycles. The molecule has 0 N–H and O–H groups in total. The van der Waals surface area contributed by atoms with E-state index in [-0.39, 0.29) is 22.3 Å². The van der Waals surface area contributed by atoms with Crippen molar-refractivity contribution in [3.63, 3.8) is 0 Å². The van der Waals surface area contributed by atoms with E-state index in [1.54, 1.807) is 0 Å². The molecule has 0 saturated carbocycles. The van der Waals surface area contributed by atoms with Crippen molar-refractivity contribution in [2.24, 2.45) is 0 Å². The maximum Gasteiger partial charge on any atom is 0.417 e. The van der Waals surface area contributed by atoms with Crippen LogP contribution >= 0.6 is 23.2 Å². The van der Waals surface area contributed by atoms with Crippen LogP contribution in [0.1, 0.15) is 5.56 Å². The van der Waals surface area contributed by atoms with Crippen LogP contribution in [0.2, 0.25) is 10.0 Å². The van der Waals surface area contributed by atoms with Crippen molar-refractivity contribution in [1.82, 2.24) is 14.8 Å². The van der Waals surface area contributed by atoms with Gasteiger partial charge in [-0.3, -0.25) is 14.9 Å². The molecule has 0 amide bonds. The van der Waals surface area contributed by atoms with Gasteiger partial charge in [0.15, 0.2) is 16.6 Å². The van der Waals surface area contributed by atoms with E-state index in [1.165, 1.54) is 12.1 Å². The van der Waals surface area contributed by atoms with Crippen LogP contribution in [0.5, 0.6) is 11.5 Å². The van der Waals surface area contributed by atoms with Crippen LogP contribution < -0.4 is 10.3 Å². The molecule has 0 saturated heterocycles. The molecule has 29 heavy (non-hydrogen) atoms. The summed E-state index contributed by atoms with van der Waals surface area (Å²) in [6.45, 7) is 0. The monoisotopic (exact) mass is 446 g/mol. The number of benzene rings is 1. The summed E-state index contributed by atoms with van der Waals surface area (Å²) in [6.07, 6.45) is -3.08. The third kappa shape index (κ3) is 4.30. The van der Waals surface area contributed by atoms with E-state index in [4.69, 9.17) is 27.9 Å². The fourth-order valence-corrected chi connectivity index (χ4v) is 2.50. The van der Waals surface area contributed by atoms with E-state index in [9.17, 15) is 28.1 Å². The third-order valence-electron chi connectivity index (χ3n) is 3.52. The molecular formula is C16H7Cl2F3N4O4. The van der Waals surface area contributed by atoms with Crippen molar-refractivity contribution >= 4 is 28.9 Å². The molecule has 3 aromatic rings. The number of alkyl halides is 3. The first-order valence-electron chi connectivity index (χ1n) is 7.51. The van der Waals surface area contributed by atoms with Gasteiger partial charge in [0.1, 0.15) is 0 Å². The minimum atomic E-state index is -4.59. The number of ether oxygens (including phenoxy) is 1. The molecule has 0 atom stereocenters. The lowest BCUT2D eigenvalue weighted by molar-refractivity contribution is -0.385. The predicted molar refractivity (Wildman–Crippen MR) is 95.8 cm³/mol. The largest absolute Gasteiger partial charge is 0.447 e. The maximum atomic E-state index is 12.6. The Bertz CT molecular complexity index is 1150. The summed E-state index contributed by atoms with van der Waals surface area (Å²) in [7, 11) is 0. The van der Waals surface area contributed by atoms with Gasteiger partial charge in [0, 0.05) is 17.3 Å². The molecule has 8 nitrogen and oxygen atoms in total. The highest BCUT2D eigenvalue weighted by Crippen LogP contribution is 2.35. The smallest absolute Gasteiger partial charge is 0.417 e. The molecule has 0 aliphatic rings. The number of hydrogen-bond acceptors (Lipinski definition) is 6. The van der Waals surface area contributed by atoms with Gasteiger partial charge in [-0.15, -0.1) is 0 Å². The van der Waals surface area contributed by atoms with Gasteiger partial charge in [-0.2, -0.15) is 23.0 Å². The van der Waals surface area contributed by atoms with E-state index in [1.807, 2.05) is 0 Å². The SMILES string of the molecule is O=c1c(Cl)c(Oc2ccc(Cl)cc2[N+](=O)[O-])cnn1-c1ccc(C(F)(F)F)cn1. The summed E-state index contributed by atoms with van der Waals surface area (Å²) >= 11 is 11.7. The fraction of sp³-hybridized carbons (Fsp3) is 0.0625. The van der Waals surface area contributed by atoms with Crippen LogP contribution in [0.15, 0.2) is 47.5 Å². The zero-order valence-electron chi connectivity index (χ0n) is 13.9. The van der Waals surface area contributed by atoms with E-state index in [2.05, 4.69) is 10.1 Å². The van der Waals surface area contributed by atoms with Crippen LogP contribution in [0, 0.1) is 10.1 Å². The van der Waals surface area contributed by atoms with Gasteiger partial charge in [0.25, 0.3) is 5.56 Å². The Balaban J connectivity index is 1.97. The molecule has 0 aliphatic heterocycles. The number of pyridine rings is 1. The molecule has 1 aromatic carbocycles. The standard InChI is InChI=1S/C16H7Cl2F3N4O4/c17-9-2-3-11(10(5-9)25(27)28)29-12-7-23-24(15(26)14(12)18)13-4-1-8(6-22-13)16(19,20)21/h1-7H. The van der Waals surface area contributed by atoms with Crippen molar-refractivity contribution in [2.75, 3.05) is 0 Å². The predicted octanol–water partition coefficient (Wildman–Crippen LogP) is 4.65. The van der Waals surface area contributed by atoms with Crippen LogP contribution in [0.4, 0.5) is 18.9 Å². The average Bonchev–Trinajstić information content (AvgIpc) is 2.66. The first-order chi connectivity index (χ1) is 13.6. The van der Waals surface area contributed by atoms with Crippen molar-refractivity contribution in [3.8, 4) is 17.3 Å². The Morgan fingerprint density at radius 3 is 2.41 bits per heavy atom. The van der Waals surface area contributed by atoms with Crippen LogP contribution in [-0.4, -0.2) is 19.7 Å². The highest BCUT2D eigenvalue weighted by Gasteiger charge is 2.31.